The van der Waals surface area contributed by atoms with Gasteiger partial charge in [0.2, 0.25) is 0 Å². The van der Waals surface area contributed by atoms with Gasteiger partial charge in [0.25, 0.3) is 5.91 Å². The van der Waals surface area contributed by atoms with Crippen molar-refractivity contribution in [2.24, 2.45) is 0 Å². The third kappa shape index (κ3) is 4.15. The fourth-order valence-corrected chi connectivity index (χ4v) is 6.87. The molecule has 31 heavy (non-hydrogen) atoms. The van der Waals surface area contributed by atoms with Crippen LogP contribution < -0.4 is 0 Å². The summed E-state index contributed by atoms with van der Waals surface area (Å²) in [5.41, 5.74) is -1.89. The van der Waals surface area contributed by atoms with E-state index >= 15 is 0 Å². The van der Waals surface area contributed by atoms with Gasteiger partial charge in [0.05, 0.1) is 0 Å². The van der Waals surface area contributed by atoms with E-state index in [9.17, 15) is 31.5 Å². The summed E-state index contributed by atoms with van der Waals surface area (Å²) in [4.78, 5) is 26.5. The summed E-state index contributed by atoms with van der Waals surface area (Å²) >= 11 is 6.35. The first-order chi connectivity index (χ1) is 13.9. The summed E-state index contributed by atoms with van der Waals surface area (Å²) in [7, 11) is -3.47. The van der Waals surface area contributed by atoms with Gasteiger partial charge in [0, 0.05) is 17.0 Å². The van der Waals surface area contributed by atoms with Gasteiger partial charge in [-0.1, -0.05) is 63.7 Å². The van der Waals surface area contributed by atoms with Gasteiger partial charge < -0.3 is 4.57 Å². The van der Waals surface area contributed by atoms with Crippen LogP contribution in [0, 0.1) is 0 Å². The highest BCUT2D eigenvalue weighted by molar-refractivity contribution is 6.80. The largest absolute Gasteiger partial charge is 0.463 e. The predicted molar refractivity (Wildman–Crippen MR) is 112 cm³/mol. The summed E-state index contributed by atoms with van der Waals surface area (Å²) in [5, 5.41) is -0.777. The first kappa shape index (κ1) is 25.8. The molecule has 0 heterocycles. The monoisotopic (exact) mass is 483 g/mol. The molecule has 0 bridgehead atoms. The van der Waals surface area contributed by atoms with Crippen LogP contribution in [-0.4, -0.2) is 36.6 Å². The number of hydrogen-bond acceptors (Lipinski definition) is 2. The van der Waals surface area contributed by atoms with Crippen LogP contribution >= 0.6 is 11.6 Å². The Kier molecular flexibility index (Phi) is 6.76. The molecule has 1 saturated carbocycles. The van der Waals surface area contributed by atoms with Crippen molar-refractivity contribution in [3.63, 3.8) is 0 Å². The zero-order chi connectivity index (χ0) is 24.0. The van der Waals surface area contributed by atoms with Crippen molar-refractivity contribution in [1.29, 1.82) is 0 Å². The molecule has 0 radical (unpaired) electrons. The molecule has 1 aromatic rings. The number of carbonyl (C=O) groups excluding carboxylic acids is 2. The maximum Gasteiger partial charge on any atom is 0.463 e. The number of benzene rings is 1. The lowest BCUT2D eigenvalue weighted by atomic mass is 9.75. The molecule has 0 spiro atoms. The smallest absolute Gasteiger partial charge is 0.348 e. The molecule has 1 unspecified atom stereocenters. The van der Waals surface area contributed by atoms with E-state index in [4.69, 9.17) is 11.6 Å². The third-order valence-electron chi connectivity index (χ3n) is 6.58. The Bertz CT molecular complexity index is 866. The molecular formula is C21H27ClF5NO2Si. The van der Waals surface area contributed by atoms with Crippen molar-refractivity contribution in [2.45, 2.75) is 82.2 Å². The quantitative estimate of drug-likeness (QED) is 0.352. The first-order valence-electron chi connectivity index (χ1n) is 10.00. The Hall–Kier alpha value is -1.48. The second-order valence-corrected chi connectivity index (χ2v) is 15.0. The molecule has 0 aromatic heterocycles. The van der Waals surface area contributed by atoms with Crippen molar-refractivity contribution in [3.05, 3.63) is 34.9 Å². The van der Waals surface area contributed by atoms with Gasteiger partial charge >= 0.3 is 12.1 Å². The minimum absolute atomic E-state index is 0.0405. The fraction of sp³-hybridized carbons (Fsp3) is 0.619. The Morgan fingerprint density at radius 1 is 1.06 bits per heavy atom. The van der Waals surface area contributed by atoms with Gasteiger partial charge in [0.1, 0.15) is 5.54 Å². The van der Waals surface area contributed by atoms with Crippen LogP contribution in [0.4, 0.5) is 22.0 Å². The summed E-state index contributed by atoms with van der Waals surface area (Å²) < 4.78 is 69.6. The van der Waals surface area contributed by atoms with Crippen molar-refractivity contribution < 1.29 is 31.5 Å². The van der Waals surface area contributed by atoms with E-state index in [0.717, 1.165) is 0 Å². The van der Waals surface area contributed by atoms with E-state index in [0.29, 0.717) is 17.4 Å². The van der Waals surface area contributed by atoms with Crippen LogP contribution in [0.5, 0.6) is 0 Å². The maximum atomic E-state index is 14.5. The van der Waals surface area contributed by atoms with Crippen LogP contribution in [0.25, 0.3) is 0 Å². The fourth-order valence-electron chi connectivity index (χ4n) is 3.95. The Balaban J connectivity index is 2.95. The van der Waals surface area contributed by atoms with E-state index in [1.54, 1.807) is 26.8 Å². The SMILES string of the molecule is CC(C)(C)[Si](C)(C)N(C(=O)C(F)(F)C(F)(F)F)C1(c2ccccc2Cl)CCCCC1=O. The second-order valence-electron chi connectivity index (χ2n) is 9.49. The number of halogens is 6. The van der Waals surface area contributed by atoms with Crippen molar-refractivity contribution in [3.8, 4) is 0 Å². The van der Waals surface area contributed by atoms with E-state index in [1.807, 2.05) is 0 Å². The van der Waals surface area contributed by atoms with E-state index in [1.165, 1.54) is 31.3 Å². The molecule has 1 aliphatic carbocycles. The molecule has 2 rings (SSSR count). The van der Waals surface area contributed by atoms with Crippen LogP contribution in [0.15, 0.2) is 24.3 Å². The number of amides is 1. The lowest BCUT2D eigenvalue weighted by Crippen LogP contribution is -2.72. The number of rotatable bonds is 4. The minimum atomic E-state index is -6.09. The molecule has 10 heteroatoms. The molecule has 1 atom stereocenters. The minimum Gasteiger partial charge on any atom is -0.348 e. The Morgan fingerprint density at radius 2 is 1.61 bits per heavy atom. The Morgan fingerprint density at radius 3 is 2.06 bits per heavy atom. The average Bonchev–Trinajstić information content (AvgIpc) is 2.62. The van der Waals surface area contributed by atoms with Crippen molar-refractivity contribution >= 4 is 31.5 Å². The Labute approximate surface area is 185 Å². The lowest BCUT2D eigenvalue weighted by Gasteiger charge is -2.56. The number of carbonyl (C=O) groups is 2. The van der Waals surface area contributed by atoms with E-state index < -0.39 is 42.6 Å². The molecule has 1 amide bonds. The maximum absolute atomic E-state index is 14.5. The standard InChI is InChI=1S/C21H27ClF5NO2Si/c1-18(2,3)31(4,5)28(17(30)20(23,24)21(25,26)27)19(13-9-8-12-16(19)29)14-10-6-7-11-15(14)22/h6-7,10-11H,8-9,12-13H2,1-5H3. The highest BCUT2D eigenvalue weighted by Gasteiger charge is 2.70. The summed E-state index contributed by atoms with van der Waals surface area (Å²) in [5.74, 6) is -8.60. The van der Waals surface area contributed by atoms with Gasteiger partial charge in [-0.25, -0.2) is 0 Å². The summed E-state index contributed by atoms with van der Waals surface area (Å²) in [6, 6.07) is 5.97. The van der Waals surface area contributed by atoms with E-state index in [-0.39, 0.29) is 23.4 Å². The van der Waals surface area contributed by atoms with Crippen LogP contribution in [0.1, 0.15) is 52.0 Å². The summed E-state index contributed by atoms with van der Waals surface area (Å²) in [6.07, 6.45) is -5.36. The molecule has 0 N–H and O–H groups in total. The van der Waals surface area contributed by atoms with Gasteiger partial charge in [-0.3, -0.25) is 9.59 Å². The van der Waals surface area contributed by atoms with Gasteiger partial charge in [0.15, 0.2) is 14.0 Å². The van der Waals surface area contributed by atoms with Gasteiger partial charge in [-0.05, 0) is 30.4 Å². The molecule has 174 valence electrons. The molecule has 1 aromatic carbocycles. The van der Waals surface area contributed by atoms with Crippen molar-refractivity contribution in [2.75, 3.05) is 0 Å². The highest BCUT2D eigenvalue weighted by Crippen LogP contribution is 2.52. The number of hydrogen-bond donors (Lipinski definition) is 0. The summed E-state index contributed by atoms with van der Waals surface area (Å²) in [6.45, 7) is 8.12. The molecule has 1 fully saturated rings. The molecule has 1 aliphatic rings. The van der Waals surface area contributed by atoms with E-state index in [2.05, 4.69) is 0 Å². The predicted octanol–water partition coefficient (Wildman–Crippen LogP) is 6.71. The van der Waals surface area contributed by atoms with Gasteiger partial charge in [-0.15, -0.1) is 0 Å². The molecule has 0 aliphatic heterocycles. The number of nitrogens with zero attached hydrogens (tertiary/aromatic N) is 1. The average molecular weight is 484 g/mol. The lowest BCUT2D eigenvalue weighted by molar-refractivity contribution is -0.274. The zero-order valence-corrected chi connectivity index (χ0v) is 19.9. The molecule has 3 nitrogen and oxygen atoms in total. The zero-order valence-electron chi connectivity index (χ0n) is 18.2. The topological polar surface area (TPSA) is 37.4 Å². The van der Waals surface area contributed by atoms with Crippen molar-refractivity contribution in [1.82, 2.24) is 4.57 Å². The first-order valence-corrected chi connectivity index (χ1v) is 13.3. The van der Waals surface area contributed by atoms with Crippen LogP contribution in [0.3, 0.4) is 0 Å². The number of Topliss-reactive ketones (excluding diaryl/α,β-unsaturated/α-hetero) is 1. The molecule has 0 saturated heterocycles. The van der Waals surface area contributed by atoms with Crippen LogP contribution in [0.2, 0.25) is 23.2 Å². The second kappa shape index (κ2) is 8.14. The third-order valence-corrected chi connectivity index (χ3v) is 12.3. The highest BCUT2D eigenvalue weighted by atomic mass is 35.5. The number of ketones is 1. The normalized spacial score (nSPS) is 21.2. The number of alkyl halides is 5. The molecular weight excluding hydrogens is 457 g/mol. The van der Waals surface area contributed by atoms with Crippen LogP contribution in [-0.2, 0) is 15.1 Å². The van der Waals surface area contributed by atoms with Gasteiger partial charge in [-0.2, -0.15) is 22.0 Å².